The quantitative estimate of drug-likeness (QED) is 0.182. The molecule has 4 heteroatoms. The van der Waals surface area contributed by atoms with E-state index in [9.17, 15) is 9.59 Å². The van der Waals surface area contributed by atoms with Crippen LogP contribution in [-0.4, -0.2) is 25.2 Å². The van der Waals surface area contributed by atoms with Crippen LogP contribution in [0.4, 0.5) is 0 Å². The first-order valence-corrected chi connectivity index (χ1v) is 12.9. The Bertz CT molecular complexity index is 446. The van der Waals surface area contributed by atoms with Gasteiger partial charge < -0.3 is 9.47 Å². The third kappa shape index (κ3) is 12.6. The lowest BCUT2D eigenvalue weighted by molar-refractivity contribution is -0.163. The zero-order valence-electron chi connectivity index (χ0n) is 20.1. The molecule has 0 saturated heterocycles. The minimum atomic E-state index is -0.303. The summed E-state index contributed by atoms with van der Waals surface area (Å²) in [6, 6.07) is 0. The van der Waals surface area contributed by atoms with E-state index in [-0.39, 0.29) is 23.8 Å². The fourth-order valence-corrected chi connectivity index (χ4v) is 4.32. The molecule has 2 atom stereocenters. The van der Waals surface area contributed by atoms with Gasteiger partial charge in [-0.05, 0) is 31.6 Å². The molecule has 0 radical (unpaired) electrons. The number of carbonyl (C=O) groups is 2. The summed E-state index contributed by atoms with van der Waals surface area (Å²) in [7, 11) is 0. The molecule has 1 saturated carbocycles. The lowest BCUT2D eigenvalue weighted by Gasteiger charge is -2.28. The number of unbranched alkanes of at least 4 members (excludes halogenated alkanes) is 9. The van der Waals surface area contributed by atoms with E-state index < -0.39 is 0 Å². The maximum absolute atomic E-state index is 12.5. The highest BCUT2D eigenvalue weighted by molar-refractivity contribution is 5.82. The monoisotopic (exact) mass is 424 g/mol. The molecule has 1 aliphatic carbocycles. The summed E-state index contributed by atoms with van der Waals surface area (Å²) in [6.45, 7) is 7.68. The molecule has 0 bridgehead atoms. The van der Waals surface area contributed by atoms with E-state index in [4.69, 9.17) is 9.47 Å². The summed E-state index contributed by atoms with van der Waals surface area (Å²) < 4.78 is 11.0. The largest absolute Gasteiger partial charge is 0.465 e. The van der Waals surface area contributed by atoms with E-state index in [1.165, 1.54) is 44.9 Å². The van der Waals surface area contributed by atoms with Crippen LogP contribution in [0.5, 0.6) is 0 Å². The minimum Gasteiger partial charge on any atom is -0.465 e. The minimum absolute atomic E-state index is 0.185. The molecule has 1 aliphatic rings. The number of ether oxygens (including phenoxy) is 2. The molecule has 176 valence electrons. The summed E-state index contributed by atoms with van der Waals surface area (Å²) >= 11 is 0. The molecule has 0 aliphatic heterocycles. The molecular formula is C26H48O4. The van der Waals surface area contributed by atoms with Crippen LogP contribution in [0.1, 0.15) is 124 Å². The first-order chi connectivity index (χ1) is 14.6. The Labute approximate surface area is 185 Å². The Morgan fingerprint density at radius 1 is 0.700 bits per heavy atom. The second kappa shape index (κ2) is 17.6. The van der Waals surface area contributed by atoms with Gasteiger partial charge in [0.25, 0.3) is 0 Å². The molecule has 0 amide bonds. The van der Waals surface area contributed by atoms with Crippen LogP contribution < -0.4 is 0 Å². The topological polar surface area (TPSA) is 52.6 Å². The molecule has 4 nitrogen and oxygen atoms in total. The van der Waals surface area contributed by atoms with Crippen molar-refractivity contribution in [3.8, 4) is 0 Å². The Balaban J connectivity index is 2.11. The third-order valence-electron chi connectivity index (χ3n) is 6.28. The predicted octanol–water partition coefficient (Wildman–Crippen LogP) is 7.24. The van der Waals surface area contributed by atoms with Crippen LogP contribution in [-0.2, 0) is 19.1 Å². The fraction of sp³-hybridized carbons (Fsp3) is 0.923. The SMILES string of the molecule is CCCCCOC(=O)C1CCCCC1C(=O)OCCCCCCCCCCC(C)C. The van der Waals surface area contributed by atoms with E-state index >= 15 is 0 Å². The van der Waals surface area contributed by atoms with Crippen molar-refractivity contribution in [3.05, 3.63) is 0 Å². The van der Waals surface area contributed by atoms with Crippen LogP contribution in [0.15, 0.2) is 0 Å². The van der Waals surface area contributed by atoms with Crippen LogP contribution in [0.2, 0.25) is 0 Å². The Morgan fingerprint density at radius 3 is 1.60 bits per heavy atom. The van der Waals surface area contributed by atoms with Crippen LogP contribution in [0.25, 0.3) is 0 Å². The van der Waals surface area contributed by atoms with Gasteiger partial charge in [0.15, 0.2) is 0 Å². The maximum Gasteiger partial charge on any atom is 0.309 e. The van der Waals surface area contributed by atoms with Gasteiger partial charge >= 0.3 is 11.9 Å². The third-order valence-corrected chi connectivity index (χ3v) is 6.28. The van der Waals surface area contributed by atoms with Crippen molar-refractivity contribution in [2.45, 2.75) is 124 Å². The number of hydrogen-bond donors (Lipinski definition) is 0. The van der Waals surface area contributed by atoms with Gasteiger partial charge in [-0.15, -0.1) is 0 Å². The highest BCUT2D eigenvalue weighted by Crippen LogP contribution is 2.32. The van der Waals surface area contributed by atoms with E-state index in [1.807, 2.05) is 0 Å². The van der Waals surface area contributed by atoms with E-state index in [1.54, 1.807) is 0 Å². The number of hydrogen-bond acceptors (Lipinski definition) is 4. The van der Waals surface area contributed by atoms with Crippen molar-refractivity contribution in [2.24, 2.45) is 17.8 Å². The highest BCUT2D eigenvalue weighted by atomic mass is 16.5. The number of esters is 2. The lowest BCUT2D eigenvalue weighted by atomic mass is 9.79. The fourth-order valence-electron chi connectivity index (χ4n) is 4.32. The molecule has 30 heavy (non-hydrogen) atoms. The van der Waals surface area contributed by atoms with Crippen LogP contribution in [0, 0.1) is 17.8 Å². The molecular weight excluding hydrogens is 376 g/mol. The Kier molecular flexibility index (Phi) is 15.8. The molecule has 0 aromatic carbocycles. The van der Waals surface area contributed by atoms with Crippen LogP contribution >= 0.6 is 0 Å². The summed E-state index contributed by atoms with van der Waals surface area (Å²) in [5.41, 5.74) is 0. The van der Waals surface area contributed by atoms with Crippen molar-refractivity contribution in [3.63, 3.8) is 0 Å². The van der Waals surface area contributed by atoms with Crippen molar-refractivity contribution in [2.75, 3.05) is 13.2 Å². The molecule has 0 aromatic heterocycles. The molecule has 0 heterocycles. The average Bonchev–Trinajstić information content (AvgIpc) is 2.74. The molecule has 2 unspecified atom stereocenters. The second-order valence-corrected chi connectivity index (χ2v) is 9.55. The van der Waals surface area contributed by atoms with E-state index in [0.717, 1.165) is 63.7 Å². The number of rotatable bonds is 17. The number of carbonyl (C=O) groups excluding carboxylic acids is 2. The van der Waals surface area contributed by atoms with Gasteiger partial charge in [-0.25, -0.2) is 0 Å². The molecule has 1 rings (SSSR count). The molecule has 0 spiro atoms. The zero-order chi connectivity index (χ0) is 22.0. The van der Waals surface area contributed by atoms with E-state index in [0.29, 0.717) is 13.2 Å². The lowest BCUT2D eigenvalue weighted by Crippen LogP contribution is -2.35. The predicted molar refractivity (Wildman–Crippen MR) is 123 cm³/mol. The second-order valence-electron chi connectivity index (χ2n) is 9.55. The van der Waals surface area contributed by atoms with Gasteiger partial charge in [0.2, 0.25) is 0 Å². The standard InChI is InChI=1S/C26H48O4/c1-4-5-15-20-29-25(27)23-18-13-14-19-24(23)26(28)30-21-16-11-9-7-6-8-10-12-17-22(2)3/h22-24H,4-21H2,1-3H3. The normalized spacial score (nSPS) is 19.1. The van der Waals surface area contributed by atoms with Gasteiger partial charge in [0, 0.05) is 0 Å². The zero-order valence-corrected chi connectivity index (χ0v) is 20.1. The first-order valence-electron chi connectivity index (χ1n) is 12.9. The molecule has 0 N–H and O–H groups in total. The van der Waals surface area contributed by atoms with Crippen molar-refractivity contribution in [1.29, 1.82) is 0 Å². The van der Waals surface area contributed by atoms with Gasteiger partial charge in [-0.3, -0.25) is 9.59 Å². The Morgan fingerprint density at radius 2 is 1.13 bits per heavy atom. The first kappa shape index (κ1) is 27.0. The van der Waals surface area contributed by atoms with Gasteiger partial charge in [0.1, 0.15) is 0 Å². The smallest absolute Gasteiger partial charge is 0.309 e. The Hall–Kier alpha value is -1.06. The van der Waals surface area contributed by atoms with Crippen LogP contribution in [0.3, 0.4) is 0 Å². The van der Waals surface area contributed by atoms with Gasteiger partial charge in [-0.1, -0.05) is 97.8 Å². The summed E-state index contributed by atoms with van der Waals surface area (Å²) in [5, 5.41) is 0. The molecule has 1 fully saturated rings. The highest BCUT2D eigenvalue weighted by Gasteiger charge is 2.37. The van der Waals surface area contributed by atoms with Crippen molar-refractivity contribution >= 4 is 11.9 Å². The average molecular weight is 425 g/mol. The summed E-state index contributed by atoms with van der Waals surface area (Å²) in [5.74, 6) is -0.156. The van der Waals surface area contributed by atoms with Crippen molar-refractivity contribution < 1.29 is 19.1 Å². The maximum atomic E-state index is 12.5. The summed E-state index contributed by atoms with van der Waals surface area (Å²) in [4.78, 5) is 25.0. The van der Waals surface area contributed by atoms with Crippen molar-refractivity contribution in [1.82, 2.24) is 0 Å². The van der Waals surface area contributed by atoms with Gasteiger partial charge in [0.05, 0.1) is 25.0 Å². The molecule has 0 aromatic rings. The van der Waals surface area contributed by atoms with Gasteiger partial charge in [-0.2, -0.15) is 0 Å². The summed E-state index contributed by atoms with van der Waals surface area (Å²) in [6.07, 6.45) is 17.9. The van der Waals surface area contributed by atoms with E-state index in [2.05, 4.69) is 20.8 Å².